The first-order valence-corrected chi connectivity index (χ1v) is 5.33. The number of hydrogen-bond acceptors (Lipinski definition) is 2. The second-order valence-electron chi connectivity index (χ2n) is 4.55. The molecule has 2 N–H and O–H groups in total. The predicted molar refractivity (Wildman–Crippen MR) is 53.4 cm³/mol. The highest BCUT2D eigenvalue weighted by molar-refractivity contribution is 5.10. The van der Waals surface area contributed by atoms with Crippen molar-refractivity contribution >= 4 is 0 Å². The molecule has 3 unspecified atom stereocenters. The van der Waals surface area contributed by atoms with Gasteiger partial charge in [-0.2, -0.15) is 0 Å². The molecule has 1 saturated carbocycles. The Labute approximate surface area is 80.0 Å². The molecule has 74 valence electrons. The maximum Gasteiger partial charge on any atom is 0.0636 e. The van der Waals surface area contributed by atoms with Crippen LogP contribution in [0.3, 0.4) is 0 Å². The summed E-state index contributed by atoms with van der Waals surface area (Å²) in [6.45, 7) is 3.64. The van der Waals surface area contributed by atoms with E-state index >= 15 is 0 Å². The standard InChI is InChI=1S/C11H19NO/c1-8(13)6-12-7-11-5-9-2-3-10(11)4-9/h2-3,8-13H,4-7H2,1H3/t8-,9?,10?,11?/m1/s1. The molecule has 0 heterocycles. The molecule has 2 bridgehead atoms. The maximum atomic E-state index is 9.08. The maximum absolute atomic E-state index is 9.08. The van der Waals surface area contributed by atoms with E-state index in [0.29, 0.717) is 0 Å². The molecule has 2 heteroatoms. The second-order valence-corrected chi connectivity index (χ2v) is 4.55. The van der Waals surface area contributed by atoms with Crippen molar-refractivity contribution < 1.29 is 5.11 Å². The van der Waals surface area contributed by atoms with E-state index in [9.17, 15) is 0 Å². The zero-order valence-electron chi connectivity index (χ0n) is 8.24. The van der Waals surface area contributed by atoms with Crippen molar-refractivity contribution in [3.8, 4) is 0 Å². The lowest BCUT2D eigenvalue weighted by Gasteiger charge is -2.18. The zero-order valence-corrected chi connectivity index (χ0v) is 8.24. The number of rotatable bonds is 4. The van der Waals surface area contributed by atoms with Crippen molar-refractivity contribution in [2.75, 3.05) is 13.1 Å². The average Bonchev–Trinajstić information content (AvgIpc) is 2.64. The summed E-state index contributed by atoms with van der Waals surface area (Å²) >= 11 is 0. The number of hydrogen-bond donors (Lipinski definition) is 2. The molecule has 0 amide bonds. The molecular weight excluding hydrogens is 162 g/mol. The Balaban J connectivity index is 1.69. The summed E-state index contributed by atoms with van der Waals surface area (Å²) in [6.07, 6.45) is 7.27. The molecule has 2 rings (SSSR count). The monoisotopic (exact) mass is 181 g/mol. The molecule has 13 heavy (non-hydrogen) atoms. The second kappa shape index (κ2) is 3.81. The smallest absolute Gasteiger partial charge is 0.0636 e. The van der Waals surface area contributed by atoms with E-state index in [2.05, 4.69) is 17.5 Å². The van der Waals surface area contributed by atoms with E-state index in [1.165, 1.54) is 12.8 Å². The van der Waals surface area contributed by atoms with Crippen LogP contribution < -0.4 is 5.32 Å². The third kappa shape index (κ3) is 2.12. The predicted octanol–water partition coefficient (Wildman–Crippen LogP) is 1.17. The topological polar surface area (TPSA) is 32.3 Å². The molecule has 0 aliphatic heterocycles. The van der Waals surface area contributed by atoms with Gasteiger partial charge in [-0.15, -0.1) is 0 Å². The van der Waals surface area contributed by atoms with Gasteiger partial charge in [0.1, 0.15) is 0 Å². The molecule has 4 atom stereocenters. The molecule has 2 nitrogen and oxygen atoms in total. The molecular formula is C11H19NO. The van der Waals surface area contributed by atoms with Crippen LogP contribution >= 0.6 is 0 Å². The van der Waals surface area contributed by atoms with Crippen LogP contribution in [0.4, 0.5) is 0 Å². The fraction of sp³-hybridized carbons (Fsp3) is 0.818. The van der Waals surface area contributed by atoms with Gasteiger partial charge >= 0.3 is 0 Å². The fourth-order valence-electron chi connectivity index (χ4n) is 2.61. The summed E-state index contributed by atoms with van der Waals surface area (Å²) in [6, 6.07) is 0. The SMILES string of the molecule is C[C@@H](O)CNCC1CC2C=CC1C2. The lowest BCUT2D eigenvalue weighted by atomic mass is 9.94. The van der Waals surface area contributed by atoms with Gasteiger partial charge in [-0.3, -0.25) is 0 Å². The Morgan fingerprint density at radius 3 is 2.85 bits per heavy atom. The van der Waals surface area contributed by atoms with Crippen LogP contribution in [0, 0.1) is 17.8 Å². The Kier molecular flexibility index (Phi) is 2.70. The summed E-state index contributed by atoms with van der Waals surface area (Å²) in [7, 11) is 0. The highest BCUT2D eigenvalue weighted by Gasteiger charge is 2.34. The van der Waals surface area contributed by atoms with Gasteiger partial charge in [0.25, 0.3) is 0 Å². The van der Waals surface area contributed by atoms with Gasteiger partial charge in [-0.25, -0.2) is 0 Å². The quantitative estimate of drug-likeness (QED) is 0.638. The van der Waals surface area contributed by atoms with Gasteiger partial charge in [0.05, 0.1) is 6.10 Å². The number of fused-ring (bicyclic) bond motifs is 2. The van der Waals surface area contributed by atoms with Crippen molar-refractivity contribution in [1.82, 2.24) is 5.32 Å². The first-order valence-electron chi connectivity index (χ1n) is 5.33. The molecule has 0 radical (unpaired) electrons. The van der Waals surface area contributed by atoms with E-state index in [1.807, 2.05) is 6.92 Å². The normalized spacial score (nSPS) is 38.5. The molecule has 2 aliphatic carbocycles. The lowest BCUT2D eigenvalue weighted by Crippen LogP contribution is -2.30. The van der Waals surface area contributed by atoms with Crippen LogP contribution in [0.15, 0.2) is 12.2 Å². The minimum atomic E-state index is -0.214. The Bertz CT molecular complexity index is 200. The molecule has 2 aliphatic rings. The highest BCUT2D eigenvalue weighted by Crippen LogP contribution is 2.42. The lowest BCUT2D eigenvalue weighted by molar-refractivity contribution is 0.188. The van der Waals surface area contributed by atoms with E-state index in [0.717, 1.165) is 30.8 Å². The van der Waals surface area contributed by atoms with Crippen molar-refractivity contribution in [2.24, 2.45) is 17.8 Å². The van der Waals surface area contributed by atoms with Crippen molar-refractivity contribution in [3.05, 3.63) is 12.2 Å². The van der Waals surface area contributed by atoms with Gasteiger partial charge in [-0.1, -0.05) is 12.2 Å². The third-order valence-electron chi connectivity index (χ3n) is 3.26. The molecule has 1 fully saturated rings. The minimum absolute atomic E-state index is 0.214. The summed E-state index contributed by atoms with van der Waals surface area (Å²) in [5.74, 6) is 2.52. The first-order chi connectivity index (χ1) is 6.25. The largest absolute Gasteiger partial charge is 0.392 e. The average molecular weight is 181 g/mol. The van der Waals surface area contributed by atoms with E-state index < -0.39 is 0 Å². The molecule has 0 aromatic carbocycles. The van der Waals surface area contributed by atoms with Gasteiger partial charge in [-0.05, 0) is 44.1 Å². The number of allylic oxidation sites excluding steroid dienone is 2. The molecule has 0 aromatic heterocycles. The van der Waals surface area contributed by atoms with Crippen molar-refractivity contribution in [3.63, 3.8) is 0 Å². The van der Waals surface area contributed by atoms with Crippen molar-refractivity contribution in [2.45, 2.75) is 25.9 Å². The van der Waals surface area contributed by atoms with Gasteiger partial charge < -0.3 is 10.4 Å². The van der Waals surface area contributed by atoms with E-state index in [1.54, 1.807) is 0 Å². The van der Waals surface area contributed by atoms with Crippen LogP contribution in [0.25, 0.3) is 0 Å². The molecule has 0 saturated heterocycles. The minimum Gasteiger partial charge on any atom is -0.392 e. The number of aliphatic hydroxyl groups is 1. The molecule has 0 spiro atoms. The van der Waals surface area contributed by atoms with Gasteiger partial charge in [0.15, 0.2) is 0 Å². The van der Waals surface area contributed by atoms with Crippen LogP contribution in [0.2, 0.25) is 0 Å². The van der Waals surface area contributed by atoms with Crippen molar-refractivity contribution in [1.29, 1.82) is 0 Å². The number of nitrogens with one attached hydrogen (secondary N) is 1. The third-order valence-corrected chi connectivity index (χ3v) is 3.26. The Hall–Kier alpha value is -0.340. The van der Waals surface area contributed by atoms with Crippen LogP contribution in [-0.2, 0) is 0 Å². The van der Waals surface area contributed by atoms with Crippen LogP contribution in [-0.4, -0.2) is 24.3 Å². The van der Waals surface area contributed by atoms with Crippen LogP contribution in [0.1, 0.15) is 19.8 Å². The molecule has 0 aromatic rings. The van der Waals surface area contributed by atoms with E-state index in [-0.39, 0.29) is 6.10 Å². The first kappa shape index (κ1) is 9.22. The summed E-state index contributed by atoms with van der Waals surface area (Å²) in [5, 5.41) is 12.4. The summed E-state index contributed by atoms with van der Waals surface area (Å²) in [4.78, 5) is 0. The number of aliphatic hydroxyl groups excluding tert-OH is 1. The fourth-order valence-corrected chi connectivity index (χ4v) is 2.61. The highest BCUT2D eigenvalue weighted by atomic mass is 16.3. The summed E-state index contributed by atoms with van der Waals surface area (Å²) < 4.78 is 0. The Morgan fingerprint density at radius 2 is 2.31 bits per heavy atom. The van der Waals surface area contributed by atoms with E-state index in [4.69, 9.17) is 5.11 Å². The van der Waals surface area contributed by atoms with Gasteiger partial charge in [0.2, 0.25) is 0 Å². The summed E-state index contributed by atoms with van der Waals surface area (Å²) in [5.41, 5.74) is 0. The van der Waals surface area contributed by atoms with Gasteiger partial charge in [0, 0.05) is 6.54 Å². The van der Waals surface area contributed by atoms with Crippen LogP contribution in [0.5, 0.6) is 0 Å². The zero-order chi connectivity index (χ0) is 9.26. The Morgan fingerprint density at radius 1 is 1.46 bits per heavy atom.